The standard InChI is InChI=1S/C14H21NO3S/c1-14(2,3)18-13(17)15-6-11(8-16)12(7-15)10-4-5-19-9-10/h4-5,9,11-12,16H,6-8H2,1-3H3/t11-,12-/m1/s1. The Morgan fingerprint density at radius 3 is 2.79 bits per heavy atom. The van der Waals surface area contributed by atoms with E-state index in [4.69, 9.17) is 4.74 Å². The highest BCUT2D eigenvalue weighted by Crippen LogP contribution is 2.34. The summed E-state index contributed by atoms with van der Waals surface area (Å²) in [4.78, 5) is 13.8. The Hall–Kier alpha value is -1.07. The molecule has 19 heavy (non-hydrogen) atoms. The van der Waals surface area contributed by atoms with Gasteiger partial charge in [0.1, 0.15) is 5.60 Å². The number of thiophene rings is 1. The van der Waals surface area contributed by atoms with Gasteiger partial charge < -0.3 is 14.7 Å². The topological polar surface area (TPSA) is 49.8 Å². The molecule has 5 heteroatoms. The lowest BCUT2D eigenvalue weighted by Gasteiger charge is -2.24. The van der Waals surface area contributed by atoms with E-state index >= 15 is 0 Å². The molecule has 4 nitrogen and oxygen atoms in total. The van der Waals surface area contributed by atoms with Crippen molar-refractivity contribution >= 4 is 17.4 Å². The highest BCUT2D eigenvalue weighted by atomic mass is 32.1. The van der Waals surface area contributed by atoms with E-state index in [-0.39, 0.29) is 24.5 Å². The summed E-state index contributed by atoms with van der Waals surface area (Å²) in [5.41, 5.74) is 0.724. The summed E-state index contributed by atoms with van der Waals surface area (Å²) >= 11 is 1.64. The van der Waals surface area contributed by atoms with Gasteiger partial charge in [0.2, 0.25) is 0 Å². The summed E-state index contributed by atoms with van der Waals surface area (Å²) in [6.07, 6.45) is -0.288. The molecule has 1 aliphatic heterocycles. The number of carbonyl (C=O) groups is 1. The van der Waals surface area contributed by atoms with Crippen molar-refractivity contribution in [3.05, 3.63) is 22.4 Å². The van der Waals surface area contributed by atoms with Gasteiger partial charge in [-0.15, -0.1) is 0 Å². The SMILES string of the molecule is CC(C)(C)OC(=O)N1C[C@H](CO)[C@@H](c2ccsc2)C1. The van der Waals surface area contributed by atoms with E-state index in [1.807, 2.05) is 26.2 Å². The minimum Gasteiger partial charge on any atom is -0.444 e. The maximum absolute atomic E-state index is 12.1. The van der Waals surface area contributed by atoms with Crippen LogP contribution in [0.5, 0.6) is 0 Å². The first-order chi connectivity index (χ1) is 8.90. The van der Waals surface area contributed by atoms with Crippen molar-refractivity contribution in [2.75, 3.05) is 19.7 Å². The molecule has 1 aromatic heterocycles. The summed E-state index contributed by atoms with van der Waals surface area (Å²) in [6, 6.07) is 2.07. The van der Waals surface area contributed by atoms with Gasteiger partial charge in [0, 0.05) is 31.5 Å². The molecule has 1 aromatic rings. The van der Waals surface area contributed by atoms with Gasteiger partial charge in [-0.3, -0.25) is 0 Å². The number of carbonyl (C=O) groups excluding carboxylic acids is 1. The second-order valence-corrected chi connectivity index (χ2v) is 6.77. The lowest BCUT2D eigenvalue weighted by atomic mass is 9.92. The fourth-order valence-corrected chi connectivity index (χ4v) is 3.12. The molecule has 0 saturated carbocycles. The number of nitrogens with zero attached hydrogens (tertiary/aromatic N) is 1. The summed E-state index contributed by atoms with van der Waals surface area (Å²) in [5.74, 6) is 0.311. The Morgan fingerprint density at radius 1 is 1.53 bits per heavy atom. The maximum Gasteiger partial charge on any atom is 0.410 e. The molecule has 1 fully saturated rings. The van der Waals surface area contributed by atoms with Crippen molar-refractivity contribution in [2.45, 2.75) is 32.3 Å². The van der Waals surface area contributed by atoms with Crippen LogP contribution in [0, 0.1) is 5.92 Å². The van der Waals surface area contributed by atoms with E-state index in [1.165, 1.54) is 5.56 Å². The molecule has 0 bridgehead atoms. The highest BCUT2D eigenvalue weighted by molar-refractivity contribution is 7.07. The molecule has 2 rings (SSSR count). The predicted octanol–water partition coefficient (Wildman–Crippen LogP) is 2.69. The number of aliphatic hydroxyl groups excluding tert-OH is 1. The van der Waals surface area contributed by atoms with Gasteiger partial charge >= 0.3 is 6.09 Å². The lowest BCUT2D eigenvalue weighted by molar-refractivity contribution is 0.0283. The van der Waals surface area contributed by atoms with Gasteiger partial charge in [-0.05, 0) is 43.2 Å². The molecule has 0 aromatic carbocycles. The van der Waals surface area contributed by atoms with Gasteiger partial charge in [0.25, 0.3) is 0 Å². The van der Waals surface area contributed by atoms with Crippen molar-refractivity contribution in [1.82, 2.24) is 4.90 Å². The largest absolute Gasteiger partial charge is 0.444 e. The van der Waals surface area contributed by atoms with E-state index in [2.05, 4.69) is 11.4 Å². The second-order valence-electron chi connectivity index (χ2n) is 5.99. The Bertz CT molecular complexity index is 424. The van der Waals surface area contributed by atoms with Gasteiger partial charge in [-0.2, -0.15) is 11.3 Å². The number of ether oxygens (including phenoxy) is 1. The molecule has 1 saturated heterocycles. The second kappa shape index (κ2) is 5.51. The van der Waals surface area contributed by atoms with Crippen LogP contribution in [0.2, 0.25) is 0 Å². The summed E-state index contributed by atoms with van der Waals surface area (Å²) in [5, 5.41) is 13.6. The maximum atomic E-state index is 12.1. The van der Waals surface area contributed by atoms with Crippen LogP contribution in [0.4, 0.5) is 4.79 Å². The average molecular weight is 283 g/mol. The van der Waals surface area contributed by atoms with Crippen molar-refractivity contribution in [2.24, 2.45) is 5.92 Å². The van der Waals surface area contributed by atoms with Crippen molar-refractivity contribution < 1.29 is 14.6 Å². The first-order valence-corrected chi connectivity index (χ1v) is 7.46. The van der Waals surface area contributed by atoms with E-state index in [1.54, 1.807) is 16.2 Å². The third kappa shape index (κ3) is 3.48. The smallest absolute Gasteiger partial charge is 0.410 e. The monoisotopic (exact) mass is 283 g/mol. The Morgan fingerprint density at radius 2 is 2.26 bits per heavy atom. The molecule has 2 atom stereocenters. The normalized spacial score (nSPS) is 23.7. The molecule has 1 N–H and O–H groups in total. The van der Waals surface area contributed by atoms with E-state index < -0.39 is 5.60 Å². The molecule has 0 spiro atoms. The molecule has 2 heterocycles. The molecule has 0 radical (unpaired) electrons. The quantitative estimate of drug-likeness (QED) is 0.908. The summed E-state index contributed by atoms with van der Waals surface area (Å²) in [6.45, 7) is 6.87. The van der Waals surface area contributed by atoms with Crippen LogP contribution in [-0.4, -0.2) is 41.4 Å². The first kappa shape index (κ1) is 14.3. The Kier molecular flexibility index (Phi) is 4.16. The van der Waals surface area contributed by atoms with E-state index in [0.29, 0.717) is 13.1 Å². The third-order valence-electron chi connectivity index (χ3n) is 3.30. The fourth-order valence-electron chi connectivity index (χ4n) is 2.40. The van der Waals surface area contributed by atoms with E-state index in [9.17, 15) is 9.90 Å². The number of likely N-dealkylation sites (tertiary alicyclic amines) is 1. The Labute approximate surface area is 118 Å². The zero-order valence-electron chi connectivity index (χ0n) is 11.6. The molecule has 0 aliphatic carbocycles. The zero-order valence-corrected chi connectivity index (χ0v) is 12.4. The van der Waals surface area contributed by atoms with Crippen LogP contribution < -0.4 is 0 Å². The first-order valence-electron chi connectivity index (χ1n) is 6.51. The number of hydrogen-bond donors (Lipinski definition) is 1. The molecule has 106 valence electrons. The van der Waals surface area contributed by atoms with Crippen molar-refractivity contribution in [3.63, 3.8) is 0 Å². The van der Waals surface area contributed by atoms with Crippen LogP contribution in [0.25, 0.3) is 0 Å². The van der Waals surface area contributed by atoms with Crippen LogP contribution in [0.15, 0.2) is 16.8 Å². The summed E-state index contributed by atoms with van der Waals surface area (Å²) < 4.78 is 5.39. The van der Waals surface area contributed by atoms with Crippen LogP contribution >= 0.6 is 11.3 Å². The number of aliphatic hydroxyl groups is 1. The van der Waals surface area contributed by atoms with Gasteiger partial charge in [-0.1, -0.05) is 0 Å². The average Bonchev–Trinajstić information content (AvgIpc) is 2.95. The molecule has 1 amide bonds. The Balaban J connectivity index is 2.05. The predicted molar refractivity (Wildman–Crippen MR) is 75.4 cm³/mol. The van der Waals surface area contributed by atoms with Gasteiger partial charge in [-0.25, -0.2) is 4.79 Å². The molecule has 1 aliphatic rings. The van der Waals surface area contributed by atoms with Crippen molar-refractivity contribution in [3.8, 4) is 0 Å². The number of hydrogen-bond acceptors (Lipinski definition) is 4. The molecular weight excluding hydrogens is 262 g/mol. The minimum absolute atomic E-state index is 0.0970. The minimum atomic E-state index is -0.480. The van der Waals surface area contributed by atoms with Crippen LogP contribution in [0.1, 0.15) is 32.3 Å². The number of rotatable bonds is 2. The van der Waals surface area contributed by atoms with Gasteiger partial charge in [0.05, 0.1) is 0 Å². The zero-order chi connectivity index (χ0) is 14.0. The van der Waals surface area contributed by atoms with Crippen LogP contribution in [0.3, 0.4) is 0 Å². The highest BCUT2D eigenvalue weighted by Gasteiger charge is 2.37. The van der Waals surface area contributed by atoms with Gasteiger partial charge in [0.15, 0.2) is 0 Å². The summed E-state index contributed by atoms with van der Waals surface area (Å²) in [7, 11) is 0. The third-order valence-corrected chi connectivity index (χ3v) is 4.00. The van der Waals surface area contributed by atoms with Crippen molar-refractivity contribution in [1.29, 1.82) is 0 Å². The van der Waals surface area contributed by atoms with Crippen LogP contribution in [-0.2, 0) is 4.74 Å². The molecular formula is C14H21NO3S. The fraction of sp³-hybridized carbons (Fsp3) is 0.643. The molecule has 0 unspecified atom stereocenters. The van der Waals surface area contributed by atoms with E-state index in [0.717, 1.165) is 0 Å². The number of amides is 1. The lowest BCUT2D eigenvalue weighted by Crippen LogP contribution is -2.35.